The molecule has 0 bridgehead atoms. The predicted molar refractivity (Wildman–Crippen MR) is 78.5 cm³/mol. The number of ether oxygens (including phenoxy) is 1. The van der Waals surface area contributed by atoms with Crippen molar-refractivity contribution in [3.63, 3.8) is 0 Å². The van der Waals surface area contributed by atoms with Crippen LogP contribution >= 0.6 is 0 Å². The fraction of sp³-hybridized carbons (Fsp3) is 0.375. The maximum atomic E-state index is 12.4. The van der Waals surface area contributed by atoms with E-state index in [1.165, 1.54) is 6.08 Å². The molecule has 0 fully saturated rings. The second-order valence-electron chi connectivity index (χ2n) is 4.71. The first kappa shape index (κ1) is 18.7. The third-order valence-corrected chi connectivity index (χ3v) is 2.91. The van der Waals surface area contributed by atoms with E-state index in [1.54, 1.807) is 6.92 Å². The molecule has 0 heterocycles. The van der Waals surface area contributed by atoms with Crippen LogP contribution in [0.15, 0.2) is 42.5 Å². The quantitative estimate of drug-likeness (QED) is 0.618. The molecule has 0 spiro atoms. The van der Waals surface area contributed by atoms with Crippen LogP contribution in [0.3, 0.4) is 0 Å². The number of nitrogens with one attached hydrogen (secondary N) is 1. The zero-order valence-corrected chi connectivity index (χ0v) is 12.6. The van der Waals surface area contributed by atoms with Crippen LogP contribution in [0.2, 0.25) is 0 Å². The van der Waals surface area contributed by atoms with Gasteiger partial charge in [-0.05, 0) is 25.3 Å². The number of hydrogen-bond acceptors (Lipinski definition) is 3. The van der Waals surface area contributed by atoms with Crippen molar-refractivity contribution in [1.82, 2.24) is 5.32 Å². The minimum Gasteiger partial charge on any atom is -0.463 e. The minimum absolute atomic E-state index is 0.159. The highest BCUT2D eigenvalue weighted by Crippen LogP contribution is 2.15. The van der Waals surface area contributed by atoms with Gasteiger partial charge in [0.1, 0.15) is 0 Å². The van der Waals surface area contributed by atoms with Gasteiger partial charge in [-0.1, -0.05) is 36.4 Å². The summed E-state index contributed by atoms with van der Waals surface area (Å²) in [6.45, 7) is 1.77. The SMILES string of the molecule is CCOC(=O)/C=C/[C@H](CCc1ccccc1)NC(=O)C(F)(F)F. The average Bonchev–Trinajstić information content (AvgIpc) is 2.50. The van der Waals surface area contributed by atoms with Crippen LogP contribution in [-0.2, 0) is 20.7 Å². The molecule has 4 nitrogen and oxygen atoms in total. The summed E-state index contributed by atoms with van der Waals surface area (Å²) < 4.78 is 41.8. The van der Waals surface area contributed by atoms with Crippen LogP contribution in [0, 0.1) is 0 Å². The van der Waals surface area contributed by atoms with E-state index in [9.17, 15) is 22.8 Å². The van der Waals surface area contributed by atoms with Crippen molar-refractivity contribution in [3.05, 3.63) is 48.0 Å². The Morgan fingerprint density at radius 2 is 1.91 bits per heavy atom. The summed E-state index contributed by atoms with van der Waals surface area (Å²) in [5.41, 5.74) is 0.920. The molecule has 0 saturated carbocycles. The molecule has 0 unspecified atom stereocenters. The van der Waals surface area contributed by atoms with Crippen LogP contribution in [0.4, 0.5) is 13.2 Å². The molecule has 0 aliphatic carbocycles. The van der Waals surface area contributed by atoms with Gasteiger partial charge in [0.15, 0.2) is 0 Å². The molecule has 0 aliphatic heterocycles. The van der Waals surface area contributed by atoms with Gasteiger partial charge in [-0.2, -0.15) is 13.2 Å². The smallest absolute Gasteiger partial charge is 0.463 e. The number of amides is 1. The second kappa shape index (κ2) is 8.97. The van der Waals surface area contributed by atoms with E-state index < -0.39 is 24.1 Å². The van der Waals surface area contributed by atoms with E-state index in [-0.39, 0.29) is 13.0 Å². The summed E-state index contributed by atoms with van der Waals surface area (Å²) in [7, 11) is 0. The highest BCUT2D eigenvalue weighted by atomic mass is 19.4. The number of halogens is 3. The summed E-state index contributed by atoms with van der Waals surface area (Å²) in [6.07, 6.45) is -2.05. The Bertz CT molecular complexity index is 541. The van der Waals surface area contributed by atoms with Crippen molar-refractivity contribution >= 4 is 11.9 Å². The molecule has 1 atom stereocenters. The van der Waals surface area contributed by atoms with Gasteiger partial charge in [-0.3, -0.25) is 4.79 Å². The molecule has 126 valence electrons. The number of benzene rings is 1. The first-order valence-corrected chi connectivity index (χ1v) is 7.09. The second-order valence-corrected chi connectivity index (χ2v) is 4.71. The lowest BCUT2D eigenvalue weighted by atomic mass is 10.0. The van der Waals surface area contributed by atoms with E-state index in [0.29, 0.717) is 6.42 Å². The Morgan fingerprint density at radius 1 is 1.26 bits per heavy atom. The molecule has 1 N–H and O–H groups in total. The highest BCUT2D eigenvalue weighted by Gasteiger charge is 2.39. The Labute approximate surface area is 132 Å². The summed E-state index contributed by atoms with van der Waals surface area (Å²) in [6, 6.07) is 8.19. The maximum absolute atomic E-state index is 12.4. The normalized spacial score (nSPS) is 12.9. The summed E-state index contributed by atoms with van der Waals surface area (Å²) in [5, 5.41) is 1.87. The maximum Gasteiger partial charge on any atom is 0.471 e. The standard InChI is InChI=1S/C16H18F3NO3/c1-2-23-14(21)11-10-13(20-15(22)16(17,18)19)9-8-12-6-4-3-5-7-12/h3-7,10-11,13H,2,8-9H2,1H3,(H,20,22)/b11-10+/t13-/m0/s1. The molecule has 1 rings (SSSR count). The molecule has 0 radical (unpaired) electrons. The molecule has 0 aliphatic rings. The van der Waals surface area contributed by atoms with Gasteiger partial charge < -0.3 is 10.1 Å². The number of carbonyl (C=O) groups excluding carboxylic acids is 2. The summed E-state index contributed by atoms with van der Waals surface area (Å²) >= 11 is 0. The van der Waals surface area contributed by atoms with Crippen molar-refractivity contribution in [1.29, 1.82) is 0 Å². The van der Waals surface area contributed by atoms with Gasteiger partial charge in [-0.15, -0.1) is 0 Å². The van der Waals surface area contributed by atoms with Crippen molar-refractivity contribution in [2.45, 2.75) is 32.0 Å². The van der Waals surface area contributed by atoms with Gasteiger partial charge in [0.2, 0.25) is 0 Å². The van der Waals surface area contributed by atoms with Crippen molar-refractivity contribution in [3.8, 4) is 0 Å². The summed E-state index contributed by atoms with van der Waals surface area (Å²) in [5.74, 6) is -2.71. The van der Waals surface area contributed by atoms with E-state index in [2.05, 4.69) is 4.74 Å². The molecular formula is C16H18F3NO3. The van der Waals surface area contributed by atoms with Crippen molar-refractivity contribution < 1.29 is 27.5 Å². The zero-order valence-electron chi connectivity index (χ0n) is 12.6. The van der Waals surface area contributed by atoms with Crippen LogP contribution in [0.1, 0.15) is 18.9 Å². The number of alkyl halides is 3. The zero-order chi connectivity index (χ0) is 17.3. The van der Waals surface area contributed by atoms with E-state index in [1.807, 2.05) is 35.6 Å². The van der Waals surface area contributed by atoms with Gasteiger partial charge in [0.05, 0.1) is 6.61 Å². The van der Waals surface area contributed by atoms with E-state index in [4.69, 9.17) is 0 Å². The molecule has 1 amide bonds. The lowest BCUT2D eigenvalue weighted by molar-refractivity contribution is -0.174. The van der Waals surface area contributed by atoms with Gasteiger partial charge >= 0.3 is 18.1 Å². The fourth-order valence-electron chi connectivity index (χ4n) is 1.82. The fourth-order valence-corrected chi connectivity index (χ4v) is 1.82. The Morgan fingerprint density at radius 3 is 2.48 bits per heavy atom. The largest absolute Gasteiger partial charge is 0.471 e. The predicted octanol–water partition coefficient (Wildman–Crippen LogP) is 2.79. The third kappa shape index (κ3) is 7.49. The van der Waals surface area contributed by atoms with Crippen LogP contribution in [0.5, 0.6) is 0 Å². The first-order valence-electron chi connectivity index (χ1n) is 7.09. The van der Waals surface area contributed by atoms with Crippen LogP contribution in [0.25, 0.3) is 0 Å². The molecule has 1 aromatic carbocycles. The minimum atomic E-state index is -4.97. The number of carbonyl (C=O) groups is 2. The first-order chi connectivity index (χ1) is 10.8. The number of aryl methyl sites for hydroxylation is 1. The third-order valence-electron chi connectivity index (χ3n) is 2.91. The molecule has 23 heavy (non-hydrogen) atoms. The van der Waals surface area contributed by atoms with E-state index >= 15 is 0 Å². The van der Waals surface area contributed by atoms with E-state index in [0.717, 1.165) is 11.6 Å². The number of rotatable bonds is 7. The van der Waals surface area contributed by atoms with Gasteiger partial charge in [0, 0.05) is 12.1 Å². The number of esters is 1. The number of hydrogen-bond donors (Lipinski definition) is 1. The van der Waals surface area contributed by atoms with Gasteiger partial charge in [0.25, 0.3) is 0 Å². The lowest BCUT2D eigenvalue weighted by Crippen LogP contribution is -2.42. The Balaban J connectivity index is 2.71. The van der Waals surface area contributed by atoms with Crippen molar-refractivity contribution in [2.75, 3.05) is 6.61 Å². The molecular weight excluding hydrogens is 311 g/mol. The molecule has 0 aromatic heterocycles. The Kier molecular flexibility index (Phi) is 7.31. The van der Waals surface area contributed by atoms with Crippen molar-refractivity contribution in [2.24, 2.45) is 0 Å². The van der Waals surface area contributed by atoms with Crippen LogP contribution < -0.4 is 5.32 Å². The highest BCUT2D eigenvalue weighted by molar-refractivity contribution is 5.83. The van der Waals surface area contributed by atoms with Crippen LogP contribution in [-0.4, -0.2) is 30.7 Å². The molecule has 0 saturated heterocycles. The topological polar surface area (TPSA) is 55.4 Å². The van der Waals surface area contributed by atoms with Gasteiger partial charge in [-0.25, -0.2) is 4.79 Å². The summed E-state index contributed by atoms with van der Waals surface area (Å²) in [4.78, 5) is 22.3. The lowest BCUT2D eigenvalue weighted by Gasteiger charge is -2.16. The average molecular weight is 329 g/mol. The monoisotopic (exact) mass is 329 g/mol. The molecule has 7 heteroatoms. The molecule has 1 aromatic rings. The Hall–Kier alpha value is -2.31.